The minimum atomic E-state index is -0.507. The number of amides is 1. The number of hydrogen-bond donors (Lipinski definition) is 2. The van der Waals surface area contributed by atoms with E-state index in [2.05, 4.69) is 10.3 Å². The Morgan fingerprint density at radius 1 is 1.30 bits per heavy atom. The van der Waals surface area contributed by atoms with Gasteiger partial charge in [0.25, 0.3) is 5.91 Å². The number of nitrogens with zero attached hydrogens (tertiary/aromatic N) is 1. The van der Waals surface area contributed by atoms with Crippen molar-refractivity contribution >= 4 is 16.8 Å². The first-order valence-electron chi connectivity index (χ1n) is 6.81. The second kappa shape index (κ2) is 5.46. The van der Waals surface area contributed by atoms with Gasteiger partial charge < -0.3 is 15.8 Å². The molecule has 0 aliphatic carbocycles. The van der Waals surface area contributed by atoms with Crippen molar-refractivity contribution in [2.45, 2.75) is 18.9 Å². The summed E-state index contributed by atoms with van der Waals surface area (Å²) in [5.74, 6) is -0.157. The number of piperidine rings is 1. The van der Waals surface area contributed by atoms with Crippen molar-refractivity contribution in [1.29, 1.82) is 0 Å². The Balaban J connectivity index is 1.98. The average molecular weight is 271 g/mol. The second-order valence-corrected chi connectivity index (χ2v) is 4.97. The summed E-state index contributed by atoms with van der Waals surface area (Å²) in [6, 6.07) is 9.37. The van der Waals surface area contributed by atoms with Crippen LogP contribution in [0.3, 0.4) is 0 Å². The van der Waals surface area contributed by atoms with Gasteiger partial charge in [-0.25, -0.2) is 4.98 Å². The zero-order valence-corrected chi connectivity index (χ0v) is 11.1. The largest absolute Gasteiger partial charge is 0.474 e. The third kappa shape index (κ3) is 2.58. The standard InChI is InChI=1S/C15H17N3O2/c16-14(19)12-9-10-3-1-2-4-13(10)18-15(12)20-11-5-7-17-8-6-11/h1-4,9,11,17H,5-8H2,(H2,16,19). The number of nitrogens with one attached hydrogen (secondary N) is 1. The minimum Gasteiger partial charge on any atom is -0.474 e. The van der Waals surface area contributed by atoms with Crippen LogP contribution in [0.25, 0.3) is 10.9 Å². The molecule has 0 bridgehead atoms. The number of rotatable bonds is 3. The zero-order valence-electron chi connectivity index (χ0n) is 11.1. The lowest BCUT2D eigenvalue weighted by Gasteiger charge is -2.24. The van der Waals surface area contributed by atoms with E-state index in [1.165, 1.54) is 0 Å². The Bertz CT molecular complexity index is 636. The highest BCUT2D eigenvalue weighted by atomic mass is 16.5. The van der Waals surface area contributed by atoms with E-state index < -0.39 is 5.91 Å². The Labute approximate surface area is 117 Å². The molecule has 1 amide bonds. The summed E-state index contributed by atoms with van der Waals surface area (Å²) in [6.07, 6.45) is 1.90. The maximum atomic E-state index is 11.6. The molecule has 0 atom stereocenters. The molecule has 3 N–H and O–H groups in total. The van der Waals surface area contributed by atoms with E-state index in [0.717, 1.165) is 36.8 Å². The van der Waals surface area contributed by atoms with Gasteiger partial charge in [-0.2, -0.15) is 0 Å². The molecule has 2 heterocycles. The average Bonchev–Trinajstić information content (AvgIpc) is 2.47. The molecule has 0 unspecified atom stereocenters. The normalized spacial score (nSPS) is 16.2. The van der Waals surface area contributed by atoms with Crippen molar-refractivity contribution in [1.82, 2.24) is 10.3 Å². The van der Waals surface area contributed by atoms with Crippen LogP contribution < -0.4 is 15.8 Å². The molecule has 0 saturated carbocycles. The number of para-hydroxylation sites is 1. The highest BCUT2D eigenvalue weighted by molar-refractivity contribution is 5.98. The molecule has 3 rings (SSSR count). The first-order valence-corrected chi connectivity index (χ1v) is 6.81. The first-order chi connectivity index (χ1) is 9.74. The fourth-order valence-corrected chi connectivity index (χ4v) is 2.44. The van der Waals surface area contributed by atoms with Crippen LogP contribution in [0.2, 0.25) is 0 Å². The van der Waals surface area contributed by atoms with Gasteiger partial charge in [-0.15, -0.1) is 0 Å². The lowest BCUT2D eigenvalue weighted by atomic mass is 10.1. The number of aromatic nitrogens is 1. The monoisotopic (exact) mass is 271 g/mol. The first kappa shape index (κ1) is 12.9. The molecular formula is C15H17N3O2. The molecule has 0 radical (unpaired) electrons. The van der Waals surface area contributed by atoms with Crippen LogP contribution in [-0.4, -0.2) is 30.1 Å². The maximum Gasteiger partial charge on any atom is 0.254 e. The number of carbonyl (C=O) groups is 1. The SMILES string of the molecule is NC(=O)c1cc2ccccc2nc1OC1CCNCC1. The number of ether oxygens (including phenoxy) is 1. The van der Waals surface area contributed by atoms with Crippen LogP contribution >= 0.6 is 0 Å². The predicted octanol–water partition coefficient (Wildman–Crippen LogP) is 1.46. The van der Waals surface area contributed by atoms with Gasteiger partial charge in [0.15, 0.2) is 0 Å². The summed E-state index contributed by atoms with van der Waals surface area (Å²) in [5.41, 5.74) is 6.60. The lowest BCUT2D eigenvalue weighted by molar-refractivity contribution is 0.0987. The van der Waals surface area contributed by atoms with Gasteiger partial charge in [0.05, 0.1) is 5.52 Å². The number of pyridine rings is 1. The minimum absolute atomic E-state index is 0.0861. The zero-order chi connectivity index (χ0) is 13.9. The molecule has 1 aromatic carbocycles. The molecule has 0 spiro atoms. The smallest absolute Gasteiger partial charge is 0.254 e. The molecule has 5 heteroatoms. The fraction of sp³-hybridized carbons (Fsp3) is 0.333. The third-order valence-corrected chi connectivity index (χ3v) is 3.52. The Morgan fingerprint density at radius 2 is 2.05 bits per heavy atom. The van der Waals surface area contributed by atoms with Gasteiger partial charge in [0.2, 0.25) is 5.88 Å². The fourth-order valence-electron chi connectivity index (χ4n) is 2.44. The van der Waals surface area contributed by atoms with Crippen molar-refractivity contribution in [3.05, 3.63) is 35.9 Å². The van der Waals surface area contributed by atoms with Crippen LogP contribution in [0.4, 0.5) is 0 Å². The molecule has 104 valence electrons. The van der Waals surface area contributed by atoms with E-state index in [1.54, 1.807) is 6.07 Å². The van der Waals surface area contributed by atoms with Crippen molar-refractivity contribution in [3.63, 3.8) is 0 Å². The predicted molar refractivity (Wildman–Crippen MR) is 76.8 cm³/mol. The molecule has 1 aromatic heterocycles. The highest BCUT2D eigenvalue weighted by Gasteiger charge is 2.19. The molecule has 20 heavy (non-hydrogen) atoms. The number of primary amides is 1. The summed E-state index contributed by atoms with van der Waals surface area (Å²) in [5, 5.41) is 4.16. The van der Waals surface area contributed by atoms with Gasteiger partial charge in [-0.05, 0) is 38.1 Å². The van der Waals surface area contributed by atoms with Crippen LogP contribution in [0, 0.1) is 0 Å². The highest BCUT2D eigenvalue weighted by Crippen LogP contribution is 2.24. The number of fused-ring (bicyclic) bond motifs is 1. The van der Waals surface area contributed by atoms with Gasteiger partial charge in [0.1, 0.15) is 11.7 Å². The summed E-state index contributed by atoms with van der Waals surface area (Å²) in [6.45, 7) is 1.84. The maximum absolute atomic E-state index is 11.6. The summed E-state index contributed by atoms with van der Waals surface area (Å²) < 4.78 is 5.90. The van der Waals surface area contributed by atoms with Crippen molar-refractivity contribution < 1.29 is 9.53 Å². The Hall–Kier alpha value is -2.14. The molecule has 1 aliphatic heterocycles. The Morgan fingerprint density at radius 3 is 2.80 bits per heavy atom. The number of hydrogen-bond acceptors (Lipinski definition) is 4. The molecule has 1 aliphatic rings. The van der Waals surface area contributed by atoms with Gasteiger partial charge >= 0.3 is 0 Å². The van der Waals surface area contributed by atoms with Crippen LogP contribution in [0.5, 0.6) is 5.88 Å². The molecule has 1 saturated heterocycles. The van der Waals surface area contributed by atoms with E-state index in [0.29, 0.717) is 11.4 Å². The van der Waals surface area contributed by atoms with Gasteiger partial charge in [-0.3, -0.25) is 4.79 Å². The molecule has 1 fully saturated rings. The molecular weight excluding hydrogens is 254 g/mol. The third-order valence-electron chi connectivity index (χ3n) is 3.52. The van der Waals surface area contributed by atoms with Crippen LogP contribution in [0.1, 0.15) is 23.2 Å². The lowest BCUT2D eigenvalue weighted by Crippen LogP contribution is -2.34. The van der Waals surface area contributed by atoms with Crippen LogP contribution in [-0.2, 0) is 0 Å². The summed E-state index contributed by atoms with van der Waals surface area (Å²) in [4.78, 5) is 16.0. The topological polar surface area (TPSA) is 77.2 Å². The molecule has 5 nitrogen and oxygen atoms in total. The second-order valence-electron chi connectivity index (χ2n) is 4.97. The van der Waals surface area contributed by atoms with Crippen molar-refractivity contribution in [2.75, 3.05) is 13.1 Å². The number of carbonyl (C=O) groups excluding carboxylic acids is 1. The van der Waals surface area contributed by atoms with Crippen molar-refractivity contribution in [2.24, 2.45) is 5.73 Å². The quantitative estimate of drug-likeness (QED) is 0.886. The summed E-state index contributed by atoms with van der Waals surface area (Å²) >= 11 is 0. The number of nitrogens with two attached hydrogens (primary N) is 1. The van der Waals surface area contributed by atoms with E-state index in [-0.39, 0.29) is 6.10 Å². The molecule has 2 aromatic rings. The van der Waals surface area contributed by atoms with E-state index in [1.807, 2.05) is 24.3 Å². The Kier molecular flexibility index (Phi) is 3.52. The number of benzene rings is 1. The van der Waals surface area contributed by atoms with Crippen LogP contribution in [0.15, 0.2) is 30.3 Å². The van der Waals surface area contributed by atoms with E-state index in [9.17, 15) is 4.79 Å². The van der Waals surface area contributed by atoms with Gasteiger partial charge in [-0.1, -0.05) is 18.2 Å². The van der Waals surface area contributed by atoms with E-state index >= 15 is 0 Å². The van der Waals surface area contributed by atoms with Gasteiger partial charge in [0, 0.05) is 5.39 Å². The van der Waals surface area contributed by atoms with Crippen molar-refractivity contribution in [3.8, 4) is 5.88 Å². The van der Waals surface area contributed by atoms with E-state index in [4.69, 9.17) is 10.5 Å². The summed E-state index contributed by atoms with van der Waals surface area (Å²) in [7, 11) is 0.